The lowest BCUT2D eigenvalue weighted by Crippen LogP contribution is -2.54. The van der Waals surface area contributed by atoms with Crippen LogP contribution in [-0.4, -0.2) is 58.4 Å². The molecule has 142 valence electrons. The molecule has 1 rings (SSSR count). The summed E-state index contributed by atoms with van der Waals surface area (Å²) in [5.41, 5.74) is 10.8. The van der Waals surface area contributed by atoms with Crippen molar-refractivity contribution in [2.45, 2.75) is 64.1 Å². The minimum Gasteiger partial charge on any atom is -0.480 e. The first-order chi connectivity index (χ1) is 11.6. The molecule has 6 N–H and O–H groups in total. The highest BCUT2D eigenvalue weighted by Gasteiger charge is 2.38. The van der Waals surface area contributed by atoms with Crippen molar-refractivity contribution in [1.29, 1.82) is 0 Å². The molecule has 3 atom stereocenters. The molecule has 9 nitrogen and oxygen atoms in total. The van der Waals surface area contributed by atoms with E-state index in [9.17, 15) is 24.3 Å². The Labute approximate surface area is 147 Å². The van der Waals surface area contributed by atoms with E-state index in [4.69, 9.17) is 11.5 Å². The molecule has 0 aromatic rings. The van der Waals surface area contributed by atoms with Crippen LogP contribution in [-0.2, 0) is 19.2 Å². The molecule has 0 radical (unpaired) electrons. The third-order valence-electron chi connectivity index (χ3n) is 4.18. The molecule has 1 aliphatic heterocycles. The van der Waals surface area contributed by atoms with Crippen LogP contribution in [0.15, 0.2) is 0 Å². The number of primary amides is 1. The lowest BCUT2D eigenvalue weighted by atomic mass is 10.0. The van der Waals surface area contributed by atoms with Crippen molar-refractivity contribution in [2.24, 2.45) is 17.4 Å². The van der Waals surface area contributed by atoms with Gasteiger partial charge in [-0.3, -0.25) is 14.4 Å². The van der Waals surface area contributed by atoms with Crippen molar-refractivity contribution in [2.75, 3.05) is 6.54 Å². The first-order valence-electron chi connectivity index (χ1n) is 8.51. The molecular formula is C16H28N4O5. The summed E-state index contributed by atoms with van der Waals surface area (Å²) in [7, 11) is 0. The topological polar surface area (TPSA) is 156 Å². The van der Waals surface area contributed by atoms with Gasteiger partial charge in [-0.05, 0) is 31.6 Å². The maximum Gasteiger partial charge on any atom is 0.326 e. The first kappa shape index (κ1) is 20.9. The second kappa shape index (κ2) is 9.36. The van der Waals surface area contributed by atoms with E-state index in [2.05, 4.69) is 5.32 Å². The minimum atomic E-state index is -1.04. The highest BCUT2D eigenvalue weighted by Crippen LogP contribution is 2.20. The molecule has 0 unspecified atom stereocenters. The number of likely N-dealkylation sites (tertiary alicyclic amines) is 1. The van der Waals surface area contributed by atoms with Crippen LogP contribution >= 0.6 is 0 Å². The molecule has 1 aliphatic rings. The fourth-order valence-electron chi connectivity index (χ4n) is 2.89. The summed E-state index contributed by atoms with van der Waals surface area (Å²) in [5, 5.41) is 11.9. The van der Waals surface area contributed by atoms with Crippen molar-refractivity contribution in [1.82, 2.24) is 10.2 Å². The summed E-state index contributed by atoms with van der Waals surface area (Å²) >= 11 is 0. The molecular weight excluding hydrogens is 328 g/mol. The average molecular weight is 356 g/mol. The van der Waals surface area contributed by atoms with E-state index in [1.165, 1.54) is 4.90 Å². The third-order valence-corrected chi connectivity index (χ3v) is 4.18. The standard InChI is InChI=1S/C16H28N4O5/c1-9(2)8-11(19-14(22)10(17)5-6-13(18)21)15(23)20-7-3-4-12(20)16(24)25/h9-12H,3-8,17H2,1-2H3,(H2,18,21)(H,19,22)(H,24,25)/t10-,11-,12-/m0/s1. The van der Waals surface area contributed by atoms with Gasteiger partial charge in [0.2, 0.25) is 17.7 Å². The zero-order valence-corrected chi connectivity index (χ0v) is 14.7. The SMILES string of the molecule is CC(C)C[C@H](NC(=O)[C@@H](N)CCC(N)=O)C(=O)N1CCC[C@H]1C(=O)O. The average Bonchev–Trinajstić information content (AvgIpc) is 3.00. The normalized spacial score (nSPS) is 19.5. The van der Waals surface area contributed by atoms with E-state index < -0.39 is 41.8 Å². The number of amides is 3. The largest absolute Gasteiger partial charge is 0.480 e. The summed E-state index contributed by atoms with van der Waals surface area (Å²) in [6.07, 6.45) is 1.45. The number of nitrogens with zero attached hydrogens (tertiary/aromatic N) is 1. The van der Waals surface area contributed by atoms with Crippen LogP contribution in [0.3, 0.4) is 0 Å². The maximum absolute atomic E-state index is 12.8. The number of nitrogens with two attached hydrogens (primary N) is 2. The Morgan fingerprint density at radius 2 is 1.92 bits per heavy atom. The number of carboxylic acid groups (broad SMARTS) is 1. The summed E-state index contributed by atoms with van der Waals surface area (Å²) in [6, 6.07) is -2.65. The Morgan fingerprint density at radius 3 is 2.44 bits per heavy atom. The lowest BCUT2D eigenvalue weighted by Gasteiger charge is -2.29. The quantitative estimate of drug-likeness (QED) is 0.423. The van der Waals surface area contributed by atoms with Gasteiger partial charge in [0.1, 0.15) is 12.1 Å². The fraction of sp³-hybridized carbons (Fsp3) is 0.750. The predicted molar refractivity (Wildman–Crippen MR) is 90.2 cm³/mol. The van der Waals surface area contributed by atoms with Gasteiger partial charge in [0.05, 0.1) is 6.04 Å². The number of hydrogen-bond acceptors (Lipinski definition) is 5. The number of rotatable bonds is 9. The zero-order chi connectivity index (χ0) is 19.1. The summed E-state index contributed by atoms with van der Waals surface area (Å²) in [5.74, 6) is -2.44. The van der Waals surface area contributed by atoms with Gasteiger partial charge in [-0.1, -0.05) is 13.8 Å². The van der Waals surface area contributed by atoms with Crippen LogP contribution in [0.1, 0.15) is 46.0 Å². The third kappa shape index (κ3) is 6.33. The Bertz CT molecular complexity index is 523. The Kier molecular flexibility index (Phi) is 7.82. The van der Waals surface area contributed by atoms with Crippen LogP contribution in [0, 0.1) is 5.92 Å². The van der Waals surface area contributed by atoms with Crippen LogP contribution in [0.25, 0.3) is 0 Å². The van der Waals surface area contributed by atoms with Crippen molar-refractivity contribution >= 4 is 23.7 Å². The second-order valence-corrected chi connectivity index (χ2v) is 6.83. The Hall–Kier alpha value is -2.16. The van der Waals surface area contributed by atoms with Gasteiger partial charge in [-0.2, -0.15) is 0 Å². The predicted octanol–water partition coefficient (Wildman–Crippen LogP) is -0.814. The highest BCUT2D eigenvalue weighted by molar-refractivity contribution is 5.92. The number of nitrogens with one attached hydrogen (secondary N) is 1. The number of hydrogen-bond donors (Lipinski definition) is 4. The molecule has 1 fully saturated rings. The fourth-order valence-corrected chi connectivity index (χ4v) is 2.89. The molecule has 0 bridgehead atoms. The molecule has 0 aromatic heterocycles. The van der Waals surface area contributed by atoms with E-state index in [1.807, 2.05) is 13.8 Å². The van der Waals surface area contributed by atoms with E-state index in [-0.39, 0.29) is 18.8 Å². The van der Waals surface area contributed by atoms with Gasteiger partial charge in [0.25, 0.3) is 0 Å². The van der Waals surface area contributed by atoms with Crippen molar-refractivity contribution < 1.29 is 24.3 Å². The van der Waals surface area contributed by atoms with Crippen LogP contribution in [0.2, 0.25) is 0 Å². The van der Waals surface area contributed by atoms with Gasteiger partial charge in [-0.25, -0.2) is 4.79 Å². The molecule has 9 heteroatoms. The van der Waals surface area contributed by atoms with E-state index in [0.29, 0.717) is 25.8 Å². The summed E-state index contributed by atoms with van der Waals surface area (Å²) in [4.78, 5) is 48.4. The van der Waals surface area contributed by atoms with Crippen molar-refractivity contribution in [3.63, 3.8) is 0 Å². The molecule has 1 heterocycles. The van der Waals surface area contributed by atoms with Crippen molar-refractivity contribution in [3.8, 4) is 0 Å². The van der Waals surface area contributed by atoms with E-state index in [0.717, 1.165) is 0 Å². The molecule has 1 saturated heterocycles. The molecule has 0 saturated carbocycles. The van der Waals surface area contributed by atoms with Crippen LogP contribution in [0.4, 0.5) is 0 Å². The molecule has 0 spiro atoms. The number of carbonyl (C=O) groups excluding carboxylic acids is 3. The van der Waals surface area contributed by atoms with Crippen LogP contribution in [0.5, 0.6) is 0 Å². The van der Waals surface area contributed by atoms with Crippen LogP contribution < -0.4 is 16.8 Å². The Morgan fingerprint density at radius 1 is 1.28 bits per heavy atom. The molecule has 3 amide bonds. The van der Waals surface area contributed by atoms with E-state index >= 15 is 0 Å². The number of aliphatic carboxylic acids is 1. The second-order valence-electron chi connectivity index (χ2n) is 6.83. The highest BCUT2D eigenvalue weighted by atomic mass is 16.4. The number of carboxylic acids is 1. The molecule has 25 heavy (non-hydrogen) atoms. The molecule has 0 aliphatic carbocycles. The van der Waals surface area contributed by atoms with E-state index in [1.54, 1.807) is 0 Å². The van der Waals surface area contributed by atoms with Gasteiger partial charge in [0.15, 0.2) is 0 Å². The lowest BCUT2D eigenvalue weighted by molar-refractivity contribution is -0.149. The first-order valence-corrected chi connectivity index (χ1v) is 8.51. The van der Waals surface area contributed by atoms with Gasteiger partial charge >= 0.3 is 5.97 Å². The minimum absolute atomic E-state index is 0.0232. The zero-order valence-electron chi connectivity index (χ0n) is 14.7. The van der Waals surface area contributed by atoms with Gasteiger partial charge in [-0.15, -0.1) is 0 Å². The van der Waals surface area contributed by atoms with Gasteiger partial charge in [0, 0.05) is 13.0 Å². The van der Waals surface area contributed by atoms with Crippen molar-refractivity contribution in [3.05, 3.63) is 0 Å². The van der Waals surface area contributed by atoms with Gasteiger partial charge < -0.3 is 26.8 Å². The summed E-state index contributed by atoms with van der Waals surface area (Å²) < 4.78 is 0. The smallest absolute Gasteiger partial charge is 0.326 e. The summed E-state index contributed by atoms with van der Waals surface area (Å²) in [6.45, 7) is 4.16. The maximum atomic E-state index is 12.8. The molecule has 0 aromatic carbocycles. The Balaban J connectivity index is 2.79. The monoisotopic (exact) mass is 356 g/mol. The number of carbonyl (C=O) groups is 4.